The first-order valence-corrected chi connectivity index (χ1v) is 8.32. The van der Waals surface area contributed by atoms with Crippen molar-refractivity contribution in [3.8, 4) is 0 Å². The Morgan fingerprint density at radius 3 is 2.75 bits per heavy atom. The van der Waals surface area contributed by atoms with Crippen molar-refractivity contribution in [1.82, 2.24) is 4.90 Å². The molecule has 1 unspecified atom stereocenters. The quantitative estimate of drug-likeness (QED) is 0.854. The minimum atomic E-state index is -3.40. The molecule has 1 aliphatic rings. The Morgan fingerprint density at radius 2 is 2.05 bits per heavy atom. The lowest BCUT2D eigenvalue weighted by atomic mass is 9.96. The van der Waals surface area contributed by atoms with E-state index in [4.69, 9.17) is 0 Å². The third-order valence-electron chi connectivity index (χ3n) is 3.35. The van der Waals surface area contributed by atoms with E-state index < -0.39 is 10.0 Å². The Kier molecular flexibility index (Phi) is 4.50. The normalized spacial score (nSPS) is 19.6. The van der Waals surface area contributed by atoms with Crippen molar-refractivity contribution >= 4 is 15.7 Å². The first kappa shape index (κ1) is 15.1. The van der Waals surface area contributed by atoms with Crippen LogP contribution in [0.2, 0.25) is 0 Å². The van der Waals surface area contributed by atoms with Gasteiger partial charge in [0.2, 0.25) is 0 Å². The SMILES string of the molecule is CC1Cc2ccccc2N(S(=O)(=O)/C=C/CN(C)C)C1. The van der Waals surface area contributed by atoms with Gasteiger partial charge in [-0.2, -0.15) is 0 Å². The van der Waals surface area contributed by atoms with Crippen molar-refractivity contribution in [2.75, 3.05) is 31.5 Å². The highest BCUT2D eigenvalue weighted by atomic mass is 32.2. The first-order chi connectivity index (χ1) is 9.40. The Labute approximate surface area is 121 Å². The molecule has 0 aliphatic carbocycles. The van der Waals surface area contributed by atoms with Crippen molar-refractivity contribution in [3.63, 3.8) is 0 Å². The summed E-state index contributed by atoms with van der Waals surface area (Å²) in [6, 6.07) is 7.75. The van der Waals surface area contributed by atoms with Crippen molar-refractivity contribution < 1.29 is 8.42 Å². The predicted molar refractivity (Wildman–Crippen MR) is 83.3 cm³/mol. The fourth-order valence-corrected chi connectivity index (χ4v) is 3.83. The molecule has 0 saturated heterocycles. The fourth-order valence-electron chi connectivity index (χ4n) is 2.44. The molecule has 0 fully saturated rings. The van der Waals surface area contributed by atoms with E-state index >= 15 is 0 Å². The lowest BCUT2D eigenvalue weighted by Crippen LogP contribution is -2.38. The van der Waals surface area contributed by atoms with Crippen LogP contribution in [0.1, 0.15) is 12.5 Å². The Balaban J connectivity index is 2.30. The van der Waals surface area contributed by atoms with Crippen LogP contribution in [0.4, 0.5) is 5.69 Å². The highest BCUT2D eigenvalue weighted by Crippen LogP contribution is 2.31. The van der Waals surface area contributed by atoms with Crippen molar-refractivity contribution in [2.45, 2.75) is 13.3 Å². The van der Waals surface area contributed by atoms with Gasteiger partial charge in [0, 0.05) is 18.5 Å². The second-order valence-corrected chi connectivity index (χ2v) is 7.39. The average Bonchev–Trinajstić information content (AvgIpc) is 2.37. The van der Waals surface area contributed by atoms with E-state index in [2.05, 4.69) is 6.92 Å². The molecule has 1 heterocycles. The van der Waals surface area contributed by atoms with E-state index in [-0.39, 0.29) is 0 Å². The summed E-state index contributed by atoms with van der Waals surface area (Å²) in [5.74, 6) is 0.335. The molecule has 0 saturated carbocycles. The van der Waals surface area contributed by atoms with Gasteiger partial charge in [-0.05, 0) is 38.1 Å². The van der Waals surface area contributed by atoms with E-state index in [0.717, 1.165) is 17.7 Å². The van der Waals surface area contributed by atoms with Crippen molar-refractivity contribution in [2.24, 2.45) is 5.92 Å². The standard InChI is InChI=1S/C15H22N2O2S/c1-13-11-14-7-4-5-8-15(14)17(12-13)20(18,19)10-6-9-16(2)3/h4-8,10,13H,9,11-12H2,1-3H3/b10-6+. The van der Waals surface area contributed by atoms with Gasteiger partial charge in [-0.1, -0.05) is 31.2 Å². The first-order valence-electron chi connectivity index (χ1n) is 6.82. The van der Waals surface area contributed by atoms with E-state index in [0.29, 0.717) is 19.0 Å². The van der Waals surface area contributed by atoms with Gasteiger partial charge in [0.25, 0.3) is 10.0 Å². The van der Waals surface area contributed by atoms with E-state index in [9.17, 15) is 8.42 Å². The maximum absolute atomic E-state index is 12.5. The van der Waals surface area contributed by atoms with Gasteiger partial charge in [-0.25, -0.2) is 8.42 Å². The lowest BCUT2D eigenvalue weighted by Gasteiger charge is -2.33. The molecule has 0 amide bonds. The fraction of sp³-hybridized carbons (Fsp3) is 0.467. The number of nitrogens with zero attached hydrogens (tertiary/aromatic N) is 2. The lowest BCUT2D eigenvalue weighted by molar-refractivity contribution is 0.456. The molecule has 0 radical (unpaired) electrons. The number of fused-ring (bicyclic) bond motifs is 1. The molecule has 0 aromatic heterocycles. The second kappa shape index (κ2) is 5.97. The molecule has 1 aromatic rings. The molecule has 20 heavy (non-hydrogen) atoms. The number of anilines is 1. The average molecular weight is 294 g/mol. The predicted octanol–water partition coefficient (Wildman–Crippen LogP) is 2.09. The topological polar surface area (TPSA) is 40.6 Å². The Hall–Kier alpha value is -1.33. The summed E-state index contributed by atoms with van der Waals surface area (Å²) in [7, 11) is 0.425. The van der Waals surface area contributed by atoms with Gasteiger partial charge in [-0.15, -0.1) is 0 Å². The zero-order valence-corrected chi connectivity index (χ0v) is 13.1. The van der Waals surface area contributed by atoms with Gasteiger partial charge in [0.05, 0.1) is 5.69 Å². The van der Waals surface area contributed by atoms with Crippen LogP contribution in [-0.4, -0.2) is 40.5 Å². The summed E-state index contributed by atoms with van der Waals surface area (Å²) >= 11 is 0. The summed E-state index contributed by atoms with van der Waals surface area (Å²) in [5.41, 5.74) is 1.93. The van der Waals surface area contributed by atoms with E-state index in [1.807, 2.05) is 43.3 Å². The smallest absolute Gasteiger partial charge is 0.257 e. The molecule has 0 N–H and O–H groups in total. The van der Waals surface area contributed by atoms with Crippen LogP contribution in [-0.2, 0) is 16.4 Å². The molecular formula is C15H22N2O2S. The van der Waals surface area contributed by atoms with Gasteiger partial charge in [0.15, 0.2) is 0 Å². The largest absolute Gasteiger partial charge is 0.306 e. The number of sulfonamides is 1. The Bertz CT molecular complexity index is 594. The number of hydrogen-bond acceptors (Lipinski definition) is 3. The second-order valence-electron chi connectivity index (χ2n) is 5.65. The molecule has 5 heteroatoms. The third kappa shape index (κ3) is 3.41. The van der Waals surface area contributed by atoms with Gasteiger partial charge < -0.3 is 4.90 Å². The van der Waals surface area contributed by atoms with Gasteiger partial charge in [0.1, 0.15) is 0 Å². The summed E-state index contributed by atoms with van der Waals surface area (Å²) < 4.78 is 26.5. The highest BCUT2D eigenvalue weighted by Gasteiger charge is 2.28. The molecule has 4 nitrogen and oxygen atoms in total. The monoisotopic (exact) mass is 294 g/mol. The Morgan fingerprint density at radius 1 is 1.35 bits per heavy atom. The maximum Gasteiger partial charge on any atom is 0.257 e. The molecular weight excluding hydrogens is 272 g/mol. The van der Waals surface area contributed by atoms with Crippen LogP contribution in [0.15, 0.2) is 35.7 Å². The molecule has 0 bridgehead atoms. The molecule has 1 aliphatic heterocycles. The summed E-state index contributed by atoms with van der Waals surface area (Å²) in [5, 5.41) is 1.32. The maximum atomic E-state index is 12.5. The number of benzene rings is 1. The summed E-state index contributed by atoms with van der Waals surface area (Å²) in [6.45, 7) is 3.25. The molecule has 1 aromatic carbocycles. The summed E-state index contributed by atoms with van der Waals surface area (Å²) in [4.78, 5) is 1.93. The van der Waals surface area contributed by atoms with E-state index in [1.165, 1.54) is 9.71 Å². The molecule has 1 atom stereocenters. The van der Waals surface area contributed by atoms with Crippen LogP contribution in [0.5, 0.6) is 0 Å². The third-order valence-corrected chi connectivity index (χ3v) is 4.85. The van der Waals surface area contributed by atoms with Crippen LogP contribution in [0, 0.1) is 5.92 Å². The number of rotatable bonds is 4. The molecule has 110 valence electrons. The number of likely N-dealkylation sites (N-methyl/N-ethyl adjacent to an activating group) is 1. The zero-order valence-electron chi connectivity index (χ0n) is 12.3. The summed E-state index contributed by atoms with van der Waals surface area (Å²) in [6.07, 6.45) is 2.63. The number of para-hydroxylation sites is 1. The molecule has 2 rings (SSSR count). The minimum Gasteiger partial charge on any atom is -0.306 e. The van der Waals surface area contributed by atoms with E-state index in [1.54, 1.807) is 6.08 Å². The van der Waals surface area contributed by atoms with Crippen LogP contribution >= 0.6 is 0 Å². The highest BCUT2D eigenvalue weighted by molar-refractivity contribution is 7.95. The van der Waals surface area contributed by atoms with Crippen molar-refractivity contribution in [1.29, 1.82) is 0 Å². The van der Waals surface area contributed by atoms with Gasteiger partial charge in [-0.3, -0.25) is 4.31 Å². The number of hydrogen-bond donors (Lipinski definition) is 0. The zero-order chi connectivity index (χ0) is 14.8. The van der Waals surface area contributed by atoms with Crippen LogP contribution in [0.25, 0.3) is 0 Å². The van der Waals surface area contributed by atoms with Crippen LogP contribution < -0.4 is 4.31 Å². The van der Waals surface area contributed by atoms with Crippen LogP contribution in [0.3, 0.4) is 0 Å². The van der Waals surface area contributed by atoms with Crippen molar-refractivity contribution in [3.05, 3.63) is 41.3 Å². The molecule has 0 spiro atoms. The van der Waals surface area contributed by atoms with Gasteiger partial charge >= 0.3 is 0 Å². The minimum absolute atomic E-state index is 0.335.